The first-order chi connectivity index (χ1) is 10.5. The number of aliphatic hydroxyl groups is 6. The number of aliphatic hydroxyl groups excluding tert-OH is 6. The summed E-state index contributed by atoms with van der Waals surface area (Å²) in [4.78, 5) is 0. The minimum atomic E-state index is -1.16. The predicted octanol–water partition coefficient (Wildman–Crippen LogP) is -2.03. The molecule has 0 aromatic carbocycles. The van der Waals surface area contributed by atoms with Gasteiger partial charge in [-0.25, -0.2) is 0 Å². The first-order valence-corrected chi connectivity index (χ1v) is 7.29. The number of hydrogen-bond acceptors (Lipinski definition) is 8. The Labute approximate surface area is 131 Å². The lowest BCUT2D eigenvalue weighted by atomic mass is 9.91. The van der Waals surface area contributed by atoms with E-state index in [2.05, 4.69) is 0 Å². The van der Waals surface area contributed by atoms with E-state index in [1.165, 1.54) is 0 Å². The maximum absolute atomic E-state index is 9.03. The van der Waals surface area contributed by atoms with E-state index in [9.17, 15) is 0 Å². The van der Waals surface area contributed by atoms with E-state index in [4.69, 9.17) is 40.1 Å². The molecule has 22 heavy (non-hydrogen) atoms. The largest absolute Gasteiger partial charge is 0.396 e. The van der Waals surface area contributed by atoms with Crippen LogP contribution in [0, 0.1) is 10.8 Å². The summed E-state index contributed by atoms with van der Waals surface area (Å²) in [6, 6.07) is 0. The zero-order valence-electron chi connectivity index (χ0n) is 13.6. The molecule has 0 saturated heterocycles. The average molecular weight is 328 g/mol. The molecule has 8 heteroatoms. The van der Waals surface area contributed by atoms with Crippen molar-refractivity contribution >= 4 is 0 Å². The van der Waals surface area contributed by atoms with Gasteiger partial charge in [-0.15, -0.1) is 0 Å². The molecule has 0 aliphatic carbocycles. The molecule has 0 atom stereocenters. The van der Waals surface area contributed by atoms with Gasteiger partial charge in [0.2, 0.25) is 0 Å². The third-order valence-electron chi connectivity index (χ3n) is 3.24. The van der Waals surface area contributed by atoms with Crippen LogP contribution in [-0.2, 0) is 9.47 Å². The highest BCUT2D eigenvalue weighted by molar-refractivity contribution is 4.80. The standard InChI is InChI=1S/C10H22O7.C4H10O/c11-1-9(2-12,3-13)7-17-8-10(4-14,5-15)6-16;1-3-5-4-2/h11-16H,1-8H2;3-4H2,1-2H3. The maximum Gasteiger partial charge on any atom is 0.0629 e. The molecule has 0 saturated carbocycles. The molecule has 0 bridgehead atoms. The average Bonchev–Trinajstić information content (AvgIpc) is 2.58. The van der Waals surface area contributed by atoms with Gasteiger partial charge < -0.3 is 40.1 Å². The van der Waals surface area contributed by atoms with Crippen molar-refractivity contribution in [3.05, 3.63) is 0 Å². The Kier molecular flexibility index (Phi) is 15.5. The van der Waals surface area contributed by atoms with E-state index >= 15 is 0 Å². The molecule has 0 aromatic rings. The maximum atomic E-state index is 9.03. The van der Waals surface area contributed by atoms with E-state index in [0.29, 0.717) is 0 Å². The first kappa shape index (κ1) is 23.9. The van der Waals surface area contributed by atoms with Gasteiger partial charge in [0.05, 0.1) is 63.7 Å². The van der Waals surface area contributed by atoms with Crippen LogP contribution in [0.3, 0.4) is 0 Å². The molecular formula is C14H32O8. The number of hydrogen-bond donors (Lipinski definition) is 6. The molecule has 0 aliphatic rings. The van der Waals surface area contributed by atoms with Crippen molar-refractivity contribution < 1.29 is 40.1 Å². The summed E-state index contributed by atoms with van der Waals surface area (Å²) in [5, 5.41) is 54.2. The molecule has 0 radical (unpaired) electrons. The Morgan fingerprint density at radius 1 is 0.545 bits per heavy atom. The molecule has 0 aromatic heterocycles. The zero-order chi connectivity index (χ0) is 17.5. The molecule has 0 spiro atoms. The quantitative estimate of drug-likeness (QED) is 0.241. The Morgan fingerprint density at radius 2 is 0.818 bits per heavy atom. The van der Waals surface area contributed by atoms with Gasteiger partial charge >= 0.3 is 0 Å². The minimum Gasteiger partial charge on any atom is -0.396 e. The van der Waals surface area contributed by atoms with Crippen molar-refractivity contribution in [2.45, 2.75) is 13.8 Å². The fraction of sp³-hybridized carbons (Fsp3) is 1.00. The van der Waals surface area contributed by atoms with Gasteiger partial charge in [0.25, 0.3) is 0 Å². The highest BCUT2D eigenvalue weighted by atomic mass is 16.5. The third-order valence-corrected chi connectivity index (χ3v) is 3.24. The molecule has 136 valence electrons. The van der Waals surface area contributed by atoms with Crippen LogP contribution >= 0.6 is 0 Å². The second-order valence-electron chi connectivity index (χ2n) is 5.22. The summed E-state index contributed by atoms with van der Waals surface area (Å²) in [5.74, 6) is 0. The number of ether oxygens (including phenoxy) is 2. The van der Waals surface area contributed by atoms with Crippen LogP contribution in [0.1, 0.15) is 13.8 Å². The second kappa shape index (κ2) is 14.3. The van der Waals surface area contributed by atoms with Crippen LogP contribution in [0.2, 0.25) is 0 Å². The van der Waals surface area contributed by atoms with Gasteiger partial charge in [-0.05, 0) is 13.8 Å². The molecule has 0 heterocycles. The topological polar surface area (TPSA) is 140 Å². The van der Waals surface area contributed by atoms with Crippen LogP contribution < -0.4 is 0 Å². The zero-order valence-corrected chi connectivity index (χ0v) is 13.6. The van der Waals surface area contributed by atoms with Gasteiger partial charge in [-0.1, -0.05) is 0 Å². The summed E-state index contributed by atoms with van der Waals surface area (Å²) in [6.45, 7) is 2.66. The van der Waals surface area contributed by atoms with E-state index < -0.39 is 50.5 Å². The Morgan fingerprint density at radius 3 is 0.955 bits per heavy atom. The number of rotatable bonds is 12. The lowest BCUT2D eigenvalue weighted by molar-refractivity contribution is -0.103. The van der Waals surface area contributed by atoms with Crippen LogP contribution in [0.5, 0.6) is 0 Å². The van der Waals surface area contributed by atoms with Crippen LogP contribution in [-0.4, -0.2) is 96.7 Å². The van der Waals surface area contributed by atoms with Gasteiger partial charge in [0, 0.05) is 13.2 Å². The lowest BCUT2D eigenvalue weighted by Crippen LogP contribution is -2.43. The van der Waals surface area contributed by atoms with Crippen molar-refractivity contribution in [1.29, 1.82) is 0 Å². The first-order valence-electron chi connectivity index (χ1n) is 7.29. The molecule has 0 aliphatic heterocycles. The smallest absolute Gasteiger partial charge is 0.0629 e. The van der Waals surface area contributed by atoms with Gasteiger partial charge in [-0.3, -0.25) is 0 Å². The fourth-order valence-electron chi connectivity index (χ4n) is 1.26. The molecule has 8 nitrogen and oxygen atoms in total. The summed E-state index contributed by atoms with van der Waals surface area (Å²) in [5.41, 5.74) is -2.32. The summed E-state index contributed by atoms with van der Waals surface area (Å²) < 4.78 is 9.98. The lowest BCUT2D eigenvalue weighted by Gasteiger charge is -2.31. The van der Waals surface area contributed by atoms with Gasteiger partial charge in [-0.2, -0.15) is 0 Å². The molecule has 6 N–H and O–H groups in total. The van der Waals surface area contributed by atoms with E-state index in [1.807, 2.05) is 13.8 Å². The SMILES string of the molecule is CCOCC.OCC(CO)(CO)COCC(CO)(CO)CO. The molecule has 0 fully saturated rings. The summed E-state index contributed by atoms with van der Waals surface area (Å²) >= 11 is 0. The Hall–Kier alpha value is -0.320. The highest BCUT2D eigenvalue weighted by Gasteiger charge is 2.32. The third kappa shape index (κ3) is 8.96. The monoisotopic (exact) mass is 328 g/mol. The predicted molar refractivity (Wildman–Crippen MR) is 80.4 cm³/mol. The highest BCUT2D eigenvalue weighted by Crippen LogP contribution is 2.19. The summed E-state index contributed by atoms with van der Waals surface area (Å²) in [6.07, 6.45) is 0. The van der Waals surface area contributed by atoms with Crippen molar-refractivity contribution in [3.8, 4) is 0 Å². The minimum absolute atomic E-state index is 0.141. The van der Waals surface area contributed by atoms with Crippen LogP contribution in [0.4, 0.5) is 0 Å². The second-order valence-corrected chi connectivity index (χ2v) is 5.22. The normalized spacial score (nSPS) is 12.0. The molecular weight excluding hydrogens is 296 g/mol. The van der Waals surface area contributed by atoms with E-state index in [1.54, 1.807) is 0 Å². The van der Waals surface area contributed by atoms with Gasteiger partial charge in [0.1, 0.15) is 0 Å². The molecule has 0 unspecified atom stereocenters. The van der Waals surface area contributed by atoms with Gasteiger partial charge in [0.15, 0.2) is 0 Å². The summed E-state index contributed by atoms with van der Waals surface area (Å²) in [7, 11) is 0. The fourth-order valence-corrected chi connectivity index (χ4v) is 1.26. The van der Waals surface area contributed by atoms with Crippen LogP contribution in [0.15, 0.2) is 0 Å². The van der Waals surface area contributed by atoms with Crippen molar-refractivity contribution in [2.24, 2.45) is 10.8 Å². The van der Waals surface area contributed by atoms with E-state index in [-0.39, 0.29) is 13.2 Å². The van der Waals surface area contributed by atoms with Crippen molar-refractivity contribution in [3.63, 3.8) is 0 Å². The Bertz CT molecular complexity index is 190. The van der Waals surface area contributed by atoms with Crippen molar-refractivity contribution in [2.75, 3.05) is 66.1 Å². The van der Waals surface area contributed by atoms with E-state index in [0.717, 1.165) is 13.2 Å². The Balaban J connectivity index is 0. The molecule has 0 amide bonds. The molecule has 0 rings (SSSR count). The van der Waals surface area contributed by atoms with Crippen molar-refractivity contribution in [1.82, 2.24) is 0 Å². The van der Waals surface area contributed by atoms with Crippen LogP contribution in [0.25, 0.3) is 0 Å².